The lowest BCUT2D eigenvalue weighted by molar-refractivity contribution is -0.612. The van der Waals surface area contributed by atoms with Crippen molar-refractivity contribution >= 4 is 54.9 Å². The van der Waals surface area contributed by atoms with Crippen LogP contribution in [0.1, 0.15) is 41.5 Å². The molecule has 13 aliphatic rings. The summed E-state index contributed by atoms with van der Waals surface area (Å²) in [4.78, 5) is 28.8. The van der Waals surface area contributed by atoms with Gasteiger partial charge in [-0.1, -0.05) is 62.5 Å². The first-order valence-corrected chi connectivity index (χ1v) is 17.6. The molecule has 0 aromatic rings. The predicted octanol–water partition coefficient (Wildman–Crippen LogP) is 3.51. The van der Waals surface area contributed by atoms with E-state index >= 15 is 0 Å². The molecule has 7 aliphatic heterocycles. The van der Waals surface area contributed by atoms with E-state index in [-0.39, 0.29) is 83.3 Å². The second kappa shape index (κ2) is 6.95. The van der Waals surface area contributed by atoms with Crippen molar-refractivity contribution in [2.45, 2.75) is 118 Å². The Morgan fingerprint density at radius 1 is 0.692 bits per heavy atom. The predicted molar refractivity (Wildman–Crippen MR) is 140 cm³/mol. The molecule has 214 valence electrons. The van der Waals surface area contributed by atoms with Gasteiger partial charge in [0.25, 0.3) is 0 Å². The number of rotatable bonds is 2. The average Bonchev–Trinajstić information content (AvgIpc) is 3.75. The van der Waals surface area contributed by atoms with E-state index in [9.17, 15) is 9.59 Å². The van der Waals surface area contributed by atoms with Gasteiger partial charge in [-0.15, -0.1) is 0 Å². The summed E-state index contributed by atoms with van der Waals surface area (Å²) in [5.41, 5.74) is -2.34. The summed E-state index contributed by atoms with van der Waals surface area (Å²) in [5, 5.41) is 0. The number of epoxide rings is 2. The van der Waals surface area contributed by atoms with Crippen LogP contribution in [0.25, 0.3) is 0 Å². The molecular formula is C27H33Cl3O8Si. The van der Waals surface area contributed by atoms with Gasteiger partial charge in [-0.25, -0.2) is 0 Å². The molecule has 8 bridgehead atoms. The van der Waals surface area contributed by atoms with Crippen LogP contribution in [0.3, 0.4) is 0 Å². The van der Waals surface area contributed by atoms with Crippen molar-refractivity contribution in [1.82, 2.24) is 0 Å². The summed E-state index contributed by atoms with van der Waals surface area (Å²) in [6.45, 7) is 13.0. The number of carbonyl (C=O) groups is 2. The highest BCUT2D eigenvalue weighted by atomic mass is 35.6. The number of hydrogen-bond donors (Lipinski definition) is 0. The number of carbonyl (C=O) groups excluding carboxylic acids is 2. The lowest BCUT2D eigenvalue weighted by Gasteiger charge is -3.01. The van der Waals surface area contributed by atoms with Crippen LogP contribution in [0.15, 0.2) is 0 Å². The first kappa shape index (κ1) is 25.7. The van der Waals surface area contributed by atoms with Crippen molar-refractivity contribution in [2.75, 3.05) is 0 Å². The van der Waals surface area contributed by atoms with Gasteiger partial charge in [-0.05, 0) is 24.9 Å². The number of ether oxygens (including phenoxy) is 4. The molecule has 6 aliphatic carbocycles. The number of alkyl halides is 3. The van der Waals surface area contributed by atoms with Gasteiger partial charge in [-0.2, -0.15) is 0 Å². The van der Waals surface area contributed by atoms with E-state index in [1.54, 1.807) is 0 Å². The summed E-state index contributed by atoms with van der Waals surface area (Å²) in [5.74, 6) is 0.223. The molecule has 0 N–H and O–H groups in total. The van der Waals surface area contributed by atoms with Crippen LogP contribution in [-0.4, -0.2) is 85.5 Å². The number of hydrogen-bond acceptors (Lipinski definition) is 8. The fourth-order valence-corrected chi connectivity index (χ4v) is 16.6. The summed E-state index contributed by atoms with van der Waals surface area (Å²) in [7, 11) is -2.84. The number of Topliss-reactive ketones (excluding diaryl/α,β-unsaturated/α-hetero) is 2. The van der Waals surface area contributed by atoms with E-state index in [1.807, 2.05) is 0 Å². The van der Waals surface area contributed by atoms with Crippen molar-refractivity contribution in [1.29, 1.82) is 0 Å². The zero-order valence-corrected chi connectivity index (χ0v) is 25.8. The van der Waals surface area contributed by atoms with Crippen LogP contribution in [0.4, 0.5) is 0 Å². The van der Waals surface area contributed by atoms with Crippen LogP contribution < -0.4 is 0 Å². The van der Waals surface area contributed by atoms with Gasteiger partial charge >= 0.3 is 8.56 Å². The van der Waals surface area contributed by atoms with E-state index in [2.05, 4.69) is 41.5 Å². The SMILES string of the molecule is CC(C)[Si]1(C(C)C)O[C@@H]2[C@H]3O[C@H]3C(=O)[C@]34[C@@H]5[C@@H]6[C@@H](C)O[C@H]3[C@@]37[C@H](O1)[C@H]1O[C@H]1C(=O)[C@@]63[C@@H](O[C@@H]5C)[C@@]247.ClC(Cl)Cl. The number of halogens is 3. The van der Waals surface area contributed by atoms with Gasteiger partial charge in [0.2, 0.25) is 0 Å². The van der Waals surface area contributed by atoms with Crippen molar-refractivity contribution in [3.05, 3.63) is 0 Å². The second-order valence-corrected chi connectivity index (χ2v) is 20.3. The Hall–Kier alpha value is 0.187. The van der Waals surface area contributed by atoms with E-state index in [0.717, 1.165) is 0 Å². The summed E-state index contributed by atoms with van der Waals surface area (Å²) >= 11 is 14.4. The highest BCUT2D eigenvalue weighted by molar-refractivity contribution is 6.70. The molecule has 0 aromatic heterocycles. The minimum atomic E-state index is -2.84. The van der Waals surface area contributed by atoms with Gasteiger partial charge in [0.1, 0.15) is 24.4 Å². The maximum absolute atomic E-state index is 14.4. The molecule has 0 aromatic carbocycles. The molecular weight excluding hydrogens is 587 g/mol. The smallest absolute Gasteiger partial charge is 0.344 e. The normalized spacial score (nSPS) is 63.8. The van der Waals surface area contributed by atoms with Crippen LogP contribution in [-0.2, 0) is 37.4 Å². The summed E-state index contributed by atoms with van der Waals surface area (Å²) in [6, 6.07) is 0. The molecule has 0 amide bonds. The molecule has 0 unspecified atom stereocenters. The molecule has 13 fully saturated rings. The maximum atomic E-state index is 14.4. The largest absolute Gasteiger partial charge is 0.387 e. The van der Waals surface area contributed by atoms with E-state index < -0.39 is 46.7 Å². The van der Waals surface area contributed by atoms with E-state index in [0.29, 0.717) is 0 Å². The molecule has 4 spiro atoms. The van der Waals surface area contributed by atoms with Crippen LogP contribution >= 0.6 is 34.8 Å². The van der Waals surface area contributed by atoms with Gasteiger partial charge < -0.3 is 27.8 Å². The lowest BCUT2D eigenvalue weighted by atomic mass is 9.03. The van der Waals surface area contributed by atoms with Crippen LogP contribution in [0, 0.1) is 33.5 Å². The number of fused-ring (bicyclic) bond motifs is 6. The topological polar surface area (TPSA) is 96.1 Å². The molecule has 13 rings (SSSR count). The minimum Gasteiger partial charge on any atom is -0.387 e. The zero-order valence-electron chi connectivity index (χ0n) is 22.6. The highest BCUT2D eigenvalue weighted by Crippen LogP contribution is 3.03. The van der Waals surface area contributed by atoms with Gasteiger partial charge in [0.15, 0.2) is 15.9 Å². The Bertz CT molecular complexity index is 1160. The molecule has 12 heteroatoms. The second-order valence-electron chi connectivity index (χ2n) is 14.1. The average molecular weight is 620 g/mol. The van der Waals surface area contributed by atoms with E-state index in [1.165, 1.54) is 0 Å². The Kier molecular flexibility index (Phi) is 4.57. The third-order valence-electron chi connectivity index (χ3n) is 13.0. The minimum absolute atomic E-state index is 0.0703. The fraction of sp³-hybridized carbons (Fsp3) is 0.926. The Morgan fingerprint density at radius 2 is 1.05 bits per heavy atom. The first-order valence-electron chi connectivity index (χ1n) is 14.3. The highest BCUT2D eigenvalue weighted by Gasteiger charge is 3.16. The van der Waals surface area contributed by atoms with Gasteiger partial charge in [-0.3, -0.25) is 9.59 Å². The fourth-order valence-electron chi connectivity index (χ4n) is 12.7. The van der Waals surface area contributed by atoms with Gasteiger partial charge in [0, 0.05) is 11.8 Å². The van der Waals surface area contributed by atoms with Crippen molar-refractivity contribution in [3.63, 3.8) is 0 Å². The molecule has 16 atom stereocenters. The quantitative estimate of drug-likeness (QED) is 0.263. The summed E-state index contributed by atoms with van der Waals surface area (Å²) < 4.78 is 40.1. The van der Waals surface area contributed by atoms with Crippen LogP contribution in [0.2, 0.25) is 11.1 Å². The molecule has 7 saturated heterocycles. The Labute approximate surface area is 243 Å². The Balaban J connectivity index is 0.000000521. The lowest BCUT2D eigenvalue weighted by Crippen LogP contribution is -3.13. The van der Waals surface area contributed by atoms with Crippen molar-refractivity contribution in [2.24, 2.45) is 33.5 Å². The molecule has 39 heavy (non-hydrogen) atoms. The van der Waals surface area contributed by atoms with Gasteiger partial charge in [0.05, 0.1) is 58.3 Å². The van der Waals surface area contributed by atoms with Crippen molar-refractivity contribution in [3.8, 4) is 0 Å². The van der Waals surface area contributed by atoms with Crippen LogP contribution in [0.5, 0.6) is 0 Å². The van der Waals surface area contributed by atoms with E-state index in [4.69, 9.17) is 62.6 Å². The molecule has 8 nitrogen and oxygen atoms in total. The zero-order chi connectivity index (χ0) is 27.6. The molecule has 0 radical (unpaired) electrons. The molecule has 6 saturated carbocycles. The monoisotopic (exact) mass is 618 g/mol. The summed E-state index contributed by atoms with van der Waals surface area (Å²) in [6.07, 6.45) is -3.00. The number of ketones is 2. The Morgan fingerprint density at radius 3 is 1.38 bits per heavy atom. The third-order valence-corrected chi connectivity index (χ3v) is 17.4. The first-order chi connectivity index (χ1) is 18.4. The third kappa shape index (κ3) is 2.02. The van der Waals surface area contributed by atoms with Crippen molar-refractivity contribution < 1.29 is 37.4 Å². The molecule has 7 heterocycles. The standard InChI is InChI=1S/C26H32O8Si.CHCl3/c1-7(2)35(8(3)4)33-19-15-13(31-15)17(27)23-11-9(5)29-21-24-12(11)10(6)30-22(23)26(24,25(19,21)23)20(34-35)16-14(32-16)18(24)28;2-1(3)4/h7-16,19-22H,1-6H3;1H/t9-,10-,11+,12+,13-,14-,15+,16+,19-,20-,21-,22-,23-,24-,25+,26+;/m1./s1. The maximum Gasteiger partial charge on any atom is 0.344 e.